The van der Waals surface area contributed by atoms with E-state index in [1.807, 2.05) is 18.7 Å². The first-order chi connectivity index (χ1) is 10.1. The maximum atomic E-state index is 12.6. The fourth-order valence-corrected chi connectivity index (χ4v) is 3.59. The quantitative estimate of drug-likeness (QED) is 0.866. The minimum Gasteiger partial charge on any atom is -0.354 e. The molecule has 3 rings (SSSR count). The summed E-state index contributed by atoms with van der Waals surface area (Å²) in [5, 5.41) is 10.0. The van der Waals surface area contributed by atoms with Crippen LogP contribution in [0.5, 0.6) is 0 Å². The van der Waals surface area contributed by atoms with E-state index in [9.17, 15) is 9.59 Å². The van der Waals surface area contributed by atoms with Crippen LogP contribution in [0.25, 0.3) is 0 Å². The molecule has 0 spiro atoms. The Bertz CT molecular complexity index is 547. The zero-order chi connectivity index (χ0) is 15.0. The van der Waals surface area contributed by atoms with E-state index in [4.69, 9.17) is 0 Å². The summed E-state index contributed by atoms with van der Waals surface area (Å²) in [4.78, 5) is 26.2. The number of carbonyl (C=O) groups excluding carboxylic acids is 2. The van der Waals surface area contributed by atoms with E-state index in [0.717, 1.165) is 29.8 Å². The monoisotopic (exact) mass is 290 g/mol. The molecule has 0 aliphatic carbocycles. The standard InChI is InChI=1S/C15H22N4O2/c1-9-13(10(2)18-17-9)5-6-15(21)19-11-3-4-12(19)8-16-14(20)7-11/h11-12H,3-8H2,1-2H3,(H,16,20)(H,17,18)/t11-,12+/m1/s1. The molecular formula is C15H22N4O2. The molecule has 2 fully saturated rings. The number of aromatic amines is 1. The largest absolute Gasteiger partial charge is 0.354 e. The molecule has 2 amide bonds. The Labute approximate surface area is 124 Å². The van der Waals surface area contributed by atoms with Crippen molar-refractivity contribution in [3.05, 3.63) is 17.0 Å². The highest BCUT2D eigenvalue weighted by atomic mass is 16.2. The lowest BCUT2D eigenvalue weighted by Crippen LogP contribution is -2.42. The predicted octanol–water partition coefficient (Wildman–Crippen LogP) is 0.839. The fraction of sp³-hybridized carbons (Fsp3) is 0.667. The minimum atomic E-state index is 0.0709. The van der Waals surface area contributed by atoms with Crippen LogP contribution in [0, 0.1) is 13.8 Å². The fourth-order valence-electron chi connectivity index (χ4n) is 3.59. The minimum absolute atomic E-state index is 0.0709. The van der Waals surface area contributed by atoms with Crippen molar-refractivity contribution in [3.8, 4) is 0 Å². The first-order valence-corrected chi connectivity index (χ1v) is 7.64. The van der Waals surface area contributed by atoms with Crippen LogP contribution in [0.2, 0.25) is 0 Å². The molecule has 114 valence electrons. The summed E-state index contributed by atoms with van der Waals surface area (Å²) in [6, 6.07) is 0.275. The molecule has 0 unspecified atom stereocenters. The molecule has 6 nitrogen and oxygen atoms in total. The van der Waals surface area contributed by atoms with Crippen LogP contribution < -0.4 is 5.32 Å². The molecule has 1 aromatic heterocycles. The molecule has 0 radical (unpaired) electrons. The van der Waals surface area contributed by atoms with Crippen molar-refractivity contribution in [1.82, 2.24) is 20.4 Å². The first kappa shape index (κ1) is 14.1. The maximum Gasteiger partial charge on any atom is 0.223 e. The molecule has 2 bridgehead atoms. The predicted molar refractivity (Wildman–Crippen MR) is 77.7 cm³/mol. The Morgan fingerprint density at radius 2 is 2.10 bits per heavy atom. The number of fused-ring (bicyclic) bond motifs is 2. The zero-order valence-corrected chi connectivity index (χ0v) is 12.6. The van der Waals surface area contributed by atoms with Gasteiger partial charge in [-0.25, -0.2) is 0 Å². The van der Waals surface area contributed by atoms with E-state index in [0.29, 0.717) is 25.8 Å². The summed E-state index contributed by atoms with van der Waals surface area (Å²) in [6.07, 6.45) is 3.60. The van der Waals surface area contributed by atoms with Gasteiger partial charge in [-0.05, 0) is 38.7 Å². The van der Waals surface area contributed by atoms with E-state index in [2.05, 4.69) is 15.5 Å². The van der Waals surface area contributed by atoms with Gasteiger partial charge in [0.15, 0.2) is 0 Å². The van der Waals surface area contributed by atoms with Crippen LogP contribution in [0.1, 0.15) is 42.6 Å². The Morgan fingerprint density at radius 3 is 2.81 bits per heavy atom. The van der Waals surface area contributed by atoms with E-state index >= 15 is 0 Å². The van der Waals surface area contributed by atoms with Gasteiger partial charge in [0, 0.05) is 37.2 Å². The smallest absolute Gasteiger partial charge is 0.223 e. The van der Waals surface area contributed by atoms with Crippen LogP contribution in [0.3, 0.4) is 0 Å². The Kier molecular flexibility index (Phi) is 3.69. The Hall–Kier alpha value is -1.85. The third-order valence-electron chi connectivity index (χ3n) is 4.73. The molecule has 3 heterocycles. The van der Waals surface area contributed by atoms with Crippen LogP contribution >= 0.6 is 0 Å². The molecule has 0 aromatic carbocycles. The van der Waals surface area contributed by atoms with Gasteiger partial charge in [0.05, 0.1) is 5.69 Å². The van der Waals surface area contributed by atoms with Crippen molar-refractivity contribution >= 4 is 11.8 Å². The number of nitrogens with zero attached hydrogens (tertiary/aromatic N) is 2. The second-order valence-corrected chi connectivity index (χ2v) is 6.11. The summed E-state index contributed by atoms with van der Waals surface area (Å²) in [6.45, 7) is 4.55. The number of amides is 2. The van der Waals surface area contributed by atoms with Crippen molar-refractivity contribution in [2.24, 2.45) is 0 Å². The number of aromatic nitrogens is 2. The van der Waals surface area contributed by atoms with E-state index < -0.39 is 0 Å². The third kappa shape index (κ3) is 2.66. The number of hydrogen-bond acceptors (Lipinski definition) is 3. The normalized spacial score (nSPS) is 24.9. The van der Waals surface area contributed by atoms with Crippen molar-refractivity contribution in [2.75, 3.05) is 6.54 Å². The molecule has 2 saturated heterocycles. The lowest BCUT2D eigenvalue weighted by atomic mass is 10.1. The Morgan fingerprint density at radius 1 is 1.33 bits per heavy atom. The van der Waals surface area contributed by atoms with Gasteiger partial charge in [-0.2, -0.15) is 5.10 Å². The van der Waals surface area contributed by atoms with Gasteiger partial charge in [0.1, 0.15) is 0 Å². The van der Waals surface area contributed by atoms with Crippen LogP contribution in [0.4, 0.5) is 0 Å². The lowest BCUT2D eigenvalue weighted by molar-refractivity contribution is -0.133. The van der Waals surface area contributed by atoms with Gasteiger partial charge in [0.25, 0.3) is 0 Å². The van der Waals surface area contributed by atoms with Crippen LogP contribution in [-0.4, -0.2) is 45.5 Å². The van der Waals surface area contributed by atoms with Gasteiger partial charge in [-0.3, -0.25) is 14.7 Å². The second-order valence-electron chi connectivity index (χ2n) is 6.11. The molecule has 2 atom stereocenters. The average Bonchev–Trinajstić information content (AvgIpc) is 2.92. The van der Waals surface area contributed by atoms with Crippen LogP contribution in [-0.2, 0) is 16.0 Å². The molecule has 1 aromatic rings. The van der Waals surface area contributed by atoms with Gasteiger partial charge in [-0.1, -0.05) is 0 Å². The Balaban J connectivity index is 1.67. The number of aryl methyl sites for hydroxylation is 2. The van der Waals surface area contributed by atoms with Gasteiger partial charge < -0.3 is 10.2 Å². The number of rotatable bonds is 3. The van der Waals surface area contributed by atoms with Crippen LogP contribution in [0.15, 0.2) is 0 Å². The SMILES string of the molecule is Cc1n[nH]c(C)c1CCC(=O)N1[C@@H]2CC[C@H]1CNC(=O)C2. The number of carbonyl (C=O) groups is 2. The molecule has 21 heavy (non-hydrogen) atoms. The highest BCUT2D eigenvalue weighted by molar-refractivity contribution is 5.82. The topological polar surface area (TPSA) is 78.1 Å². The molecular weight excluding hydrogens is 268 g/mol. The maximum absolute atomic E-state index is 12.6. The summed E-state index contributed by atoms with van der Waals surface area (Å²) >= 11 is 0. The van der Waals surface area contributed by atoms with Crippen molar-refractivity contribution < 1.29 is 9.59 Å². The molecule has 2 aliphatic heterocycles. The van der Waals surface area contributed by atoms with E-state index in [-0.39, 0.29) is 23.9 Å². The van der Waals surface area contributed by atoms with Gasteiger partial charge >= 0.3 is 0 Å². The molecule has 2 aliphatic rings. The van der Waals surface area contributed by atoms with Gasteiger partial charge in [0.2, 0.25) is 11.8 Å². The zero-order valence-electron chi connectivity index (χ0n) is 12.6. The van der Waals surface area contributed by atoms with E-state index in [1.165, 1.54) is 0 Å². The summed E-state index contributed by atoms with van der Waals surface area (Å²) < 4.78 is 0. The molecule has 2 N–H and O–H groups in total. The van der Waals surface area contributed by atoms with E-state index in [1.54, 1.807) is 0 Å². The summed E-state index contributed by atoms with van der Waals surface area (Å²) in [5.74, 6) is 0.237. The third-order valence-corrected chi connectivity index (χ3v) is 4.73. The van der Waals surface area contributed by atoms with Crippen molar-refractivity contribution in [1.29, 1.82) is 0 Å². The first-order valence-electron chi connectivity index (χ1n) is 7.64. The summed E-state index contributed by atoms with van der Waals surface area (Å²) in [7, 11) is 0. The molecule has 6 heteroatoms. The highest BCUT2D eigenvalue weighted by Gasteiger charge is 2.39. The second kappa shape index (κ2) is 5.50. The highest BCUT2D eigenvalue weighted by Crippen LogP contribution is 2.29. The average molecular weight is 290 g/mol. The van der Waals surface area contributed by atoms with Crippen molar-refractivity contribution in [3.63, 3.8) is 0 Å². The summed E-state index contributed by atoms with van der Waals surface area (Å²) in [5.41, 5.74) is 3.15. The van der Waals surface area contributed by atoms with Gasteiger partial charge in [-0.15, -0.1) is 0 Å². The number of H-pyrrole nitrogens is 1. The lowest BCUT2D eigenvalue weighted by Gasteiger charge is -2.27. The molecule has 0 saturated carbocycles. The van der Waals surface area contributed by atoms with Crippen molar-refractivity contribution in [2.45, 2.75) is 58.0 Å². The number of hydrogen-bond donors (Lipinski definition) is 2. The number of nitrogens with one attached hydrogen (secondary N) is 2.